The van der Waals surface area contributed by atoms with Crippen LogP contribution in [0.25, 0.3) is 0 Å². The zero-order valence-electron chi connectivity index (χ0n) is 22.4. The molecule has 0 aliphatic carbocycles. The van der Waals surface area contributed by atoms with Crippen LogP contribution in [0.3, 0.4) is 0 Å². The molecular formula is C29H44F6O3. The van der Waals surface area contributed by atoms with E-state index in [1.165, 1.54) is 64.2 Å². The van der Waals surface area contributed by atoms with Crippen LogP contribution >= 0.6 is 0 Å². The normalized spacial score (nSPS) is 12.2. The number of carbonyl (C=O) groups is 1. The van der Waals surface area contributed by atoms with Crippen molar-refractivity contribution in [3.8, 4) is 5.75 Å². The molecule has 1 rings (SSSR count). The fourth-order valence-electron chi connectivity index (χ4n) is 4.41. The van der Waals surface area contributed by atoms with E-state index in [0.717, 1.165) is 44.9 Å². The number of carboxylic acid groups (broad SMARTS) is 1. The summed E-state index contributed by atoms with van der Waals surface area (Å²) in [6.07, 6.45) is 10.5. The van der Waals surface area contributed by atoms with Gasteiger partial charge in [0.25, 0.3) is 0 Å². The van der Waals surface area contributed by atoms with Gasteiger partial charge in [0.15, 0.2) is 0 Å². The summed E-state index contributed by atoms with van der Waals surface area (Å²) in [6.45, 7) is 0.0887. The van der Waals surface area contributed by atoms with Crippen molar-refractivity contribution in [1.82, 2.24) is 0 Å². The Hall–Kier alpha value is -1.93. The summed E-state index contributed by atoms with van der Waals surface area (Å²) in [4.78, 5) is 10.4. The molecule has 0 radical (unpaired) electrons. The van der Waals surface area contributed by atoms with E-state index in [1.807, 2.05) is 0 Å². The Morgan fingerprint density at radius 3 is 1.18 bits per heavy atom. The molecule has 0 spiro atoms. The molecule has 3 nitrogen and oxygen atoms in total. The third-order valence-corrected chi connectivity index (χ3v) is 6.61. The molecule has 0 aliphatic rings. The second-order valence-electron chi connectivity index (χ2n) is 10.1. The molecule has 0 unspecified atom stereocenters. The van der Waals surface area contributed by atoms with Gasteiger partial charge in [-0.3, -0.25) is 4.79 Å². The van der Waals surface area contributed by atoms with E-state index < -0.39 is 35.2 Å². The lowest BCUT2D eigenvalue weighted by molar-refractivity contribution is -0.143. The molecule has 0 bridgehead atoms. The van der Waals surface area contributed by atoms with Gasteiger partial charge < -0.3 is 9.84 Å². The Kier molecular flexibility index (Phi) is 17.2. The van der Waals surface area contributed by atoms with Crippen molar-refractivity contribution in [3.05, 3.63) is 29.3 Å². The van der Waals surface area contributed by atoms with Gasteiger partial charge in [0, 0.05) is 6.42 Å². The average Bonchev–Trinajstić information content (AvgIpc) is 2.83. The van der Waals surface area contributed by atoms with Crippen LogP contribution in [0.1, 0.15) is 133 Å². The van der Waals surface area contributed by atoms with E-state index in [-0.39, 0.29) is 19.1 Å². The van der Waals surface area contributed by atoms with Gasteiger partial charge in [-0.05, 0) is 31.0 Å². The van der Waals surface area contributed by atoms with E-state index >= 15 is 0 Å². The van der Waals surface area contributed by atoms with Gasteiger partial charge in [0.05, 0.1) is 17.7 Å². The SMILES string of the molecule is O=C(O)CCCCCCCCCCCCCCCCCCCCOc1cc(C(F)(F)F)cc(C(F)(F)F)c1. The van der Waals surface area contributed by atoms with Crippen LogP contribution in [-0.4, -0.2) is 17.7 Å². The monoisotopic (exact) mass is 554 g/mol. The van der Waals surface area contributed by atoms with Gasteiger partial charge in [-0.15, -0.1) is 0 Å². The lowest BCUT2D eigenvalue weighted by atomic mass is 10.0. The number of aliphatic carboxylic acids is 1. The fraction of sp³-hybridized carbons (Fsp3) is 0.759. The summed E-state index contributed by atoms with van der Waals surface area (Å²) >= 11 is 0. The van der Waals surface area contributed by atoms with Crippen molar-refractivity contribution in [3.63, 3.8) is 0 Å². The Morgan fingerprint density at radius 2 is 0.868 bits per heavy atom. The number of hydrogen-bond acceptors (Lipinski definition) is 2. The Bertz CT molecular complexity index is 729. The minimum Gasteiger partial charge on any atom is -0.494 e. The third kappa shape index (κ3) is 17.6. The Morgan fingerprint density at radius 1 is 0.553 bits per heavy atom. The smallest absolute Gasteiger partial charge is 0.416 e. The van der Waals surface area contributed by atoms with Crippen molar-refractivity contribution < 1.29 is 41.0 Å². The Balaban J connectivity index is 1.95. The van der Waals surface area contributed by atoms with E-state index in [1.54, 1.807) is 0 Å². The second-order valence-corrected chi connectivity index (χ2v) is 10.1. The van der Waals surface area contributed by atoms with Crippen LogP contribution in [0.4, 0.5) is 26.3 Å². The number of benzene rings is 1. The molecule has 1 N–H and O–H groups in total. The lowest BCUT2D eigenvalue weighted by Gasteiger charge is -2.14. The van der Waals surface area contributed by atoms with Crippen LogP contribution in [0.2, 0.25) is 0 Å². The molecule has 1 aromatic carbocycles. The van der Waals surface area contributed by atoms with Crippen molar-refractivity contribution in [2.24, 2.45) is 0 Å². The number of hydrogen-bond donors (Lipinski definition) is 1. The van der Waals surface area contributed by atoms with Crippen LogP contribution < -0.4 is 4.74 Å². The van der Waals surface area contributed by atoms with Crippen molar-refractivity contribution in [2.45, 2.75) is 134 Å². The van der Waals surface area contributed by atoms with E-state index in [4.69, 9.17) is 9.84 Å². The first-order valence-corrected chi connectivity index (χ1v) is 14.1. The Labute approximate surface area is 223 Å². The summed E-state index contributed by atoms with van der Waals surface area (Å²) in [5.41, 5.74) is -2.72. The van der Waals surface area contributed by atoms with Gasteiger partial charge in [0.2, 0.25) is 0 Å². The predicted octanol–water partition coefficient (Wildman–Crippen LogP) is 10.6. The molecule has 38 heavy (non-hydrogen) atoms. The number of alkyl halides is 6. The van der Waals surface area contributed by atoms with Crippen molar-refractivity contribution >= 4 is 5.97 Å². The highest BCUT2D eigenvalue weighted by Gasteiger charge is 2.37. The molecule has 0 amide bonds. The maximum Gasteiger partial charge on any atom is 0.416 e. The summed E-state index contributed by atoms with van der Waals surface area (Å²) in [5.74, 6) is -1.11. The lowest BCUT2D eigenvalue weighted by Crippen LogP contribution is -2.11. The molecule has 1 aromatic rings. The first-order valence-electron chi connectivity index (χ1n) is 14.1. The molecule has 0 heterocycles. The number of carboxylic acids is 1. The van der Waals surface area contributed by atoms with Crippen LogP contribution in [0.15, 0.2) is 18.2 Å². The van der Waals surface area contributed by atoms with Crippen LogP contribution in [-0.2, 0) is 17.1 Å². The van der Waals surface area contributed by atoms with Crippen LogP contribution in [0, 0.1) is 0 Å². The molecule has 0 saturated carbocycles. The van der Waals surface area contributed by atoms with Crippen molar-refractivity contribution in [2.75, 3.05) is 6.61 Å². The summed E-state index contributed by atoms with van der Waals surface area (Å²) in [5, 5.41) is 8.59. The topological polar surface area (TPSA) is 46.5 Å². The highest BCUT2D eigenvalue weighted by molar-refractivity contribution is 5.66. The minimum atomic E-state index is -4.87. The minimum absolute atomic E-state index is 0.0887. The zero-order valence-corrected chi connectivity index (χ0v) is 22.4. The predicted molar refractivity (Wildman–Crippen MR) is 137 cm³/mol. The van der Waals surface area contributed by atoms with Crippen molar-refractivity contribution in [1.29, 1.82) is 0 Å². The highest BCUT2D eigenvalue weighted by atomic mass is 19.4. The molecular weight excluding hydrogens is 510 g/mol. The van der Waals surface area contributed by atoms with Gasteiger partial charge in [-0.2, -0.15) is 26.3 Å². The molecule has 220 valence electrons. The van der Waals surface area contributed by atoms with E-state index in [0.29, 0.717) is 18.6 Å². The largest absolute Gasteiger partial charge is 0.494 e. The standard InChI is InChI=1S/C29H44F6O3/c30-28(31,32)24-21-25(29(33,34)35)23-26(22-24)38-20-18-16-14-12-10-8-6-4-2-1-3-5-7-9-11-13-15-17-19-27(36)37/h21-23H,1-20H2,(H,36,37). The maximum absolute atomic E-state index is 12.9. The van der Waals surface area contributed by atoms with Gasteiger partial charge in [-0.25, -0.2) is 0 Å². The molecule has 9 heteroatoms. The number of unbranched alkanes of at least 4 members (excludes halogenated alkanes) is 17. The summed E-state index contributed by atoms with van der Waals surface area (Å²) in [6, 6.07) is 1.34. The third-order valence-electron chi connectivity index (χ3n) is 6.61. The van der Waals surface area contributed by atoms with Gasteiger partial charge >= 0.3 is 18.3 Å². The first-order chi connectivity index (χ1) is 18.0. The second kappa shape index (κ2) is 19.2. The van der Waals surface area contributed by atoms with Gasteiger partial charge in [-0.1, -0.05) is 103 Å². The molecule has 0 fully saturated rings. The quantitative estimate of drug-likeness (QED) is 0.115. The number of halogens is 6. The molecule has 0 aliphatic heterocycles. The fourth-order valence-corrected chi connectivity index (χ4v) is 4.41. The van der Waals surface area contributed by atoms with Crippen LogP contribution in [0.5, 0.6) is 5.75 Å². The van der Waals surface area contributed by atoms with Gasteiger partial charge in [0.1, 0.15) is 5.75 Å². The summed E-state index contributed by atoms with van der Waals surface area (Å²) < 4.78 is 82.6. The molecule has 0 aromatic heterocycles. The molecule has 0 atom stereocenters. The zero-order chi connectivity index (χ0) is 28.3. The first kappa shape index (κ1) is 34.1. The molecule has 0 saturated heterocycles. The summed E-state index contributed by atoms with van der Waals surface area (Å²) in [7, 11) is 0. The van der Waals surface area contributed by atoms with E-state index in [9.17, 15) is 31.1 Å². The number of rotatable bonds is 22. The van der Waals surface area contributed by atoms with E-state index in [2.05, 4.69) is 0 Å². The number of ether oxygens (including phenoxy) is 1. The highest BCUT2D eigenvalue weighted by Crippen LogP contribution is 2.38. The average molecular weight is 555 g/mol. The maximum atomic E-state index is 12.9.